The third kappa shape index (κ3) is 2.06. The van der Waals surface area contributed by atoms with Gasteiger partial charge in [-0.25, -0.2) is 0 Å². The fraction of sp³-hybridized carbons (Fsp3) is 0.200. The van der Waals surface area contributed by atoms with Gasteiger partial charge < -0.3 is 5.11 Å². The zero-order chi connectivity index (χ0) is 9.84. The molecule has 3 nitrogen and oxygen atoms in total. The van der Waals surface area contributed by atoms with Crippen LogP contribution in [0.3, 0.4) is 0 Å². The standard InChI is InChI=1S/C10H9NO2/c1-7(10(12)13)9-4-2-3-8(5-9)6-11/h2-5,7H,1H3,(H,12,13). The van der Waals surface area contributed by atoms with Gasteiger partial charge in [0.2, 0.25) is 0 Å². The van der Waals surface area contributed by atoms with Crippen molar-refractivity contribution in [3.63, 3.8) is 0 Å². The zero-order valence-electron chi connectivity index (χ0n) is 7.19. The lowest BCUT2D eigenvalue weighted by molar-refractivity contribution is -0.138. The first-order valence-electron chi connectivity index (χ1n) is 3.88. The summed E-state index contributed by atoms with van der Waals surface area (Å²) in [7, 11) is 0. The summed E-state index contributed by atoms with van der Waals surface area (Å²) in [4.78, 5) is 10.6. The van der Waals surface area contributed by atoms with Gasteiger partial charge in [0.1, 0.15) is 0 Å². The smallest absolute Gasteiger partial charge is 0.310 e. The van der Waals surface area contributed by atoms with Crippen molar-refractivity contribution in [3.8, 4) is 6.07 Å². The molecule has 0 saturated carbocycles. The maximum absolute atomic E-state index is 10.6. The van der Waals surface area contributed by atoms with Crippen LogP contribution in [0.5, 0.6) is 0 Å². The van der Waals surface area contributed by atoms with E-state index in [0.717, 1.165) is 0 Å². The molecule has 0 spiro atoms. The molecule has 1 aromatic carbocycles. The summed E-state index contributed by atoms with van der Waals surface area (Å²) in [5.41, 5.74) is 1.15. The molecule has 1 atom stereocenters. The molecule has 1 unspecified atom stereocenters. The van der Waals surface area contributed by atoms with Crippen molar-refractivity contribution in [3.05, 3.63) is 35.4 Å². The van der Waals surface area contributed by atoms with Crippen LogP contribution in [0.1, 0.15) is 24.0 Å². The molecule has 0 bridgehead atoms. The van der Waals surface area contributed by atoms with Crippen molar-refractivity contribution in [2.24, 2.45) is 0 Å². The highest BCUT2D eigenvalue weighted by molar-refractivity contribution is 5.75. The predicted molar refractivity (Wildman–Crippen MR) is 47.2 cm³/mol. The lowest BCUT2D eigenvalue weighted by Gasteiger charge is -2.05. The van der Waals surface area contributed by atoms with E-state index in [9.17, 15) is 4.79 Å². The highest BCUT2D eigenvalue weighted by Crippen LogP contribution is 2.16. The molecule has 0 heterocycles. The molecule has 66 valence electrons. The molecule has 0 aromatic heterocycles. The van der Waals surface area contributed by atoms with Crippen LogP contribution in [0.4, 0.5) is 0 Å². The molecular formula is C10H9NO2. The lowest BCUT2D eigenvalue weighted by Crippen LogP contribution is -2.07. The van der Waals surface area contributed by atoms with Gasteiger partial charge in [0.05, 0.1) is 17.6 Å². The molecule has 3 heteroatoms. The quantitative estimate of drug-likeness (QED) is 0.744. The van der Waals surface area contributed by atoms with E-state index in [-0.39, 0.29) is 0 Å². The van der Waals surface area contributed by atoms with Gasteiger partial charge in [-0.05, 0) is 24.6 Å². The van der Waals surface area contributed by atoms with Gasteiger partial charge in [0.25, 0.3) is 0 Å². The molecule has 13 heavy (non-hydrogen) atoms. The van der Waals surface area contributed by atoms with Crippen LogP contribution in [0.25, 0.3) is 0 Å². The van der Waals surface area contributed by atoms with Crippen LogP contribution in [0, 0.1) is 11.3 Å². The third-order valence-corrected chi connectivity index (χ3v) is 1.89. The molecule has 0 aliphatic heterocycles. The number of rotatable bonds is 2. The molecule has 0 saturated heterocycles. The highest BCUT2D eigenvalue weighted by Gasteiger charge is 2.13. The number of carboxylic acid groups (broad SMARTS) is 1. The highest BCUT2D eigenvalue weighted by atomic mass is 16.4. The molecule has 0 aliphatic carbocycles. The van der Waals surface area contributed by atoms with Crippen LogP contribution >= 0.6 is 0 Å². The van der Waals surface area contributed by atoms with E-state index >= 15 is 0 Å². The second-order valence-electron chi connectivity index (χ2n) is 2.80. The fourth-order valence-corrected chi connectivity index (χ4v) is 1.02. The van der Waals surface area contributed by atoms with E-state index in [0.29, 0.717) is 11.1 Å². The Kier molecular flexibility index (Phi) is 2.65. The van der Waals surface area contributed by atoms with Crippen LogP contribution in [-0.4, -0.2) is 11.1 Å². The fourth-order valence-electron chi connectivity index (χ4n) is 1.02. The summed E-state index contributed by atoms with van der Waals surface area (Å²) < 4.78 is 0. The summed E-state index contributed by atoms with van der Waals surface area (Å²) >= 11 is 0. The zero-order valence-corrected chi connectivity index (χ0v) is 7.19. The Labute approximate surface area is 76.2 Å². The van der Waals surface area contributed by atoms with Crippen LogP contribution in [0.2, 0.25) is 0 Å². The third-order valence-electron chi connectivity index (χ3n) is 1.89. The summed E-state index contributed by atoms with van der Waals surface area (Å²) in [6, 6.07) is 8.61. The summed E-state index contributed by atoms with van der Waals surface area (Å²) in [6.07, 6.45) is 0. The molecule has 1 N–H and O–H groups in total. The largest absolute Gasteiger partial charge is 0.481 e. The van der Waals surface area contributed by atoms with E-state index in [2.05, 4.69) is 0 Å². The van der Waals surface area contributed by atoms with Gasteiger partial charge >= 0.3 is 5.97 Å². The van der Waals surface area contributed by atoms with E-state index in [1.165, 1.54) is 0 Å². The Morgan fingerprint density at radius 3 is 2.85 bits per heavy atom. The number of hydrogen-bond donors (Lipinski definition) is 1. The molecule has 0 amide bonds. The molecule has 1 aromatic rings. The maximum atomic E-state index is 10.6. The van der Waals surface area contributed by atoms with Crippen molar-refractivity contribution in [2.45, 2.75) is 12.8 Å². The first-order valence-corrected chi connectivity index (χ1v) is 3.88. The number of carboxylic acids is 1. The molecule has 0 fully saturated rings. The topological polar surface area (TPSA) is 61.1 Å². The van der Waals surface area contributed by atoms with Crippen molar-refractivity contribution in [2.75, 3.05) is 0 Å². The Morgan fingerprint density at radius 2 is 2.31 bits per heavy atom. The maximum Gasteiger partial charge on any atom is 0.310 e. The van der Waals surface area contributed by atoms with Gasteiger partial charge in [-0.1, -0.05) is 12.1 Å². The van der Waals surface area contributed by atoms with Crippen molar-refractivity contribution < 1.29 is 9.90 Å². The minimum absolute atomic E-state index is 0.491. The number of benzene rings is 1. The van der Waals surface area contributed by atoms with Crippen LogP contribution < -0.4 is 0 Å². The lowest BCUT2D eigenvalue weighted by atomic mass is 10.00. The van der Waals surface area contributed by atoms with E-state index < -0.39 is 11.9 Å². The second-order valence-corrected chi connectivity index (χ2v) is 2.80. The molecule has 0 aliphatic rings. The van der Waals surface area contributed by atoms with Crippen molar-refractivity contribution in [1.29, 1.82) is 5.26 Å². The van der Waals surface area contributed by atoms with Crippen molar-refractivity contribution in [1.82, 2.24) is 0 Å². The molecule has 1 rings (SSSR count). The Balaban J connectivity index is 3.03. The first-order chi connectivity index (χ1) is 6.15. The first kappa shape index (κ1) is 9.27. The number of aliphatic carboxylic acids is 1. The minimum Gasteiger partial charge on any atom is -0.481 e. The number of nitriles is 1. The number of nitrogens with zero attached hydrogens (tertiary/aromatic N) is 1. The SMILES string of the molecule is CC(C(=O)O)c1cccc(C#N)c1. The summed E-state index contributed by atoms with van der Waals surface area (Å²) in [5, 5.41) is 17.3. The van der Waals surface area contributed by atoms with E-state index in [4.69, 9.17) is 10.4 Å². The van der Waals surface area contributed by atoms with Crippen LogP contribution in [0.15, 0.2) is 24.3 Å². The Hall–Kier alpha value is -1.82. The average molecular weight is 175 g/mol. The van der Waals surface area contributed by atoms with Gasteiger partial charge in [-0.3, -0.25) is 4.79 Å². The summed E-state index contributed by atoms with van der Waals surface area (Å²) in [5.74, 6) is -1.44. The monoisotopic (exact) mass is 175 g/mol. The number of carbonyl (C=O) groups is 1. The van der Waals surface area contributed by atoms with E-state index in [1.54, 1.807) is 31.2 Å². The van der Waals surface area contributed by atoms with Crippen molar-refractivity contribution >= 4 is 5.97 Å². The van der Waals surface area contributed by atoms with Crippen LogP contribution in [-0.2, 0) is 4.79 Å². The minimum atomic E-state index is -0.880. The average Bonchev–Trinajstić information content (AvgIpc) is 2.16. The predicted octanol–water partition coefficient (Wildman–Crippen LogP) is 1.75. The summed E-state index contributed by atoms with van der Waals surface area (Å²) in [6.45, 7) is 1.60. The molecular weight excluding hydrogens is 166 g/mol. The number of hydrogen-bond acceptors (Lipinski definition) is 2. The van der Waals surface area contributed by atoms with Gasteiger partial charge in [0.15, 0.2) is 0 Å². The Morgan fingerprint density at radius 1 is 1.62 bits per heavy atom. The van der Waals surface area contributed by atoms with E-state index in [1.807, 2.05) is 6.07 Å². The van der Waals surface area contributed by atoms with Gasteiger partial charge in [-0.15, -0.1) is 0 Å². The normalized spacial score (nSPS) is 11.7. The van der Waals surface area contributed by atoms with Gasteiger partial charge in [-0.2, -0.15) is 5.26 Å². The second kappa shape index (κ2) is 3.72. The van der Waals surface area contributed by atoms with Gasteiger partial charge in [0, 0.05) is 0 Å². The molecule has 0 radical (unpaired) electrons. The Bertz CT molecular complexity index is 365.